The Kier molecular flexibility index (Phi) is 12.5. The van der Waals surface area contributed by atoms with Gasteiger partial charge >= 0.3 is 0 Å². The van der Waals surface area contributed by atoms with E-state index in [2.05, 4.69) is 179 Å². The van der Waals surface area contributed by atoms with Gasteiger partial charge in [-0.15, -0.1) is 59.7 Å². The molecule has 0 aliphatic rings. The van der Waals surface area contributed by atoms with E-state index in [1.54, 1.807) is 0 Å². The van der Waals surface area contributed by atoms with Crippen LogP contribution in [0, 0.1) is 12.1 Å². The van der Waals surface area contributed by atoms with E-state index in [0.29, 0.717) is 11.8 Å². The van der Waals surface area contributed by atoms with Crippen molar-refractivity contribution in [2.45, 2.75) is 65.6 Å². The molecule has 5 aromatic carbocycles. The molecule has 55 heavy (non-hydrogen) atoms. The molecule has 8 rings (SSSR count). The second kappa shape index (κ2) is 17.2. The standard InChI is InChI=1S/C33H26NO.C17H22NSi.Ir/c1-22(2)25-15-16-34-31(21-25)28-12-14-33-30(20-28)29-19-27(11-13-32(29)35-33)26-10-6-9-24(18-26)17-23-7-4-3-5-8-23;1-13(2)15-11-16(14-9-7-6-8-10-14)18-12-17(15)19(3,4)5;/h3-11,13-16,18-22H,17H2,1-2H3;6-9,11-13H,1-5H3;/q2*-1;. The molecule has 0 atom stereocenters. The zero-order chi connectivity index (χ0) is 37.8. The smallest absolute Gasteiger partial charge is 0.121 e. The largest absolute Gasteiger partial charge is 0.500 e. The predicted molar refractivity (Wildman–Crippen MR) is 230 cm³/mol. The Morgan fingerprint density at radius 3 is 2.07 bits per heavy atom. The number of hydrogen-bond acceptors (Lipinski definition) is 3. The van der Waals surface area contributed by atoms with E-state index < -0.39 is 8.07 Å². The fourth-order valence-electron chi connectivity index (χ4n) is 6.97. The summed E-state index contributed by atoms with van der Waals surface area (Å²) in [5.41, 5.74) is 13.5. The van der Waals surface area contributed by atoms with Gasteiger partial charge in [0.25, 0.3) is 0 Å². The van der Waals surface area contributed by atoms with Crippen molar-refractivity contribution in [1.29, 1.82) is 0 Å². The van der Waals surface area contributed by atoms with E-state index in [4.69, 9.17) is 4.42 Å². The Labute approximate surface area is 341 Å². The maximum Gasteiger partial charge on any atom is 0.121 e. The summed E-state index contributed by atoms with van der Waals surface area (Å²) in [5.74, 6) is 0.989. The first-order chi connectivity index (χ1) is 26.0. The number of fused-ring (bicyclic) bond motifs is 3. The fourth-order valence-corrected chi connectivity index (χ4v) is 8.65. The molecule has 3 aromatic heterocycles. The molecule has 0 fully saturated rings. The van der Waals surface area contributed by atoms with Crippen LogP contribution in [0.25, 0.3) is 55.6 Å². The molecule has 0 saturated carbocycles. The molecule has 0 amide bonds. The maximum atomic E-state index is 6.15. The quantitative estimate of drug-likeness (QED) is 0.113. The normalized spacial score (nSPS) is 11.4. The van der Waals surface area contributed by atoms with Crippen LogP contribution in [-0.4, -0.2) is 18.0 Å². The van der Waals surface area contributed by atoms with Crippen LogP contribution in [0.3, 0.4) is 0 Å². The first kappa shape index (κ1) is 39.8. The van der Waals surface area contributed by atoms with Crippen molar-refractivity contribution < 1.29 is 24.5 Å². The van der Waals surface area contributed by atoms with Gasteiger partial charge in [0.2, 0.25) is 0 Å². The number of furan rings is 1. The zero-order valence-electron chi connectivity index (χ0n) is 32.8. The molecule has 8 aromatic rings. The molecule has 5 heteroatoms. The SMILES string of the molecule is CC(C)c1cc(-c2[c-]cccc2)ncc1[Si](C)(C)C.CC(C)c1ccnc(-c2[c-]cc3oc4ccc(-c5cccc(Cc6ccccc6)c5)cc4c3c2)c1.[Ir]. The molecule has 3 heterocycles. The molecular weight excluding hydrogens is 865 g/mol. The van der Waals surface area contributed by atoms with E-state index in [0.717, 1.165) is 50.9 Å². The van der Waals surface area contributed by atoms with Gasteiger partial charge in [0.05, 0.1) is 13.7 Å². The summed E-state index contributed by atoms with van der Waals surface area (Å²) in [5, 5.41) is 3.68. The van der Waals surface area contributed by atoms with Gasteiger partial charge in [0.1, 0.15) is 5.58 Å². The summed E-state index contributed by atoms with van der Waals surface area (Å²) in [4.78, 5) is 9.27. The maximum absolute atomic E-state index is 6.15. The Morgan fingerprint density at radius 2 is 1.35 bits per heavy atom. The van der Waals surface area contributed by atoms with Gasteiger partial charge in [-0.1, -0.05) is 137 Å². The summed E-state index contributed by atoms with van der Waals surface area (Å²) in [6.07, 6.45) is 4.90. The topological polar surface area (TPSA) is 38.9 Å². The van der Waals surface area contributed by atoms with E-state index in [-0.39, 0.29) is 20.1 Å². The van der Waals surface area contributed by atoms with E-state index in [1.807, 2.05) is 30.5 Å². The first-order valence-electron chi connectivity index (χ1n) is 19.0. The van der Waals surface area contributed by atoms with Crippen LogP contribution in [0.15, 0.2) is 144 Å². The molecule has 0 N–H and O–H groups in total. The number of nitrogens with zero attached hydrogens (tertiary/aromatic N) is 2. The van der Waals surface area contributed by atoms with Crippen LogP contribution in [0.5, 0.6) is 0 Å². The van der Waals surface area contributed by atoms with Gasteiger partial charge in [0, 0.05) is 37.9 Å². The number of aromatic nitrogens is 2. The molecule has 279 valence electrons. The Bertz CT molecular complexity index is 2520. The summed E-state index contributed by atoms with van der Waals surface area (Å²) < 4.78 is 6.15. The van der Waals surface area contributed by atoms with Crippen LogP contribution >= 0.6 is 0 Å². The minimum Gasteiger partial charge on any atom is -0.500 e. The third-order valence-corrected chi connectivity index (χ3v) is 12.0. The zero-order valence-corrected chi connectivity index (χ0v) is 36.2. The van der Waals surface area contributed by atoms with Crippen LogP contribution < -0.4 is 5.19 Å². The van der Waals surface area contributed by atoms with Crippen molar-refractivity contribution in [2.75, 3.05) is 0 Å². The average molecular weight is 913 g/mol. The second-order valence-electron chi connectivity index (χ2n) is 15.8. The van der Waals surface area contributed by atoms with Gasteiger partial charge in [-0.2, -0.15) is 0 Å². The van der Waals surface area contributed by atoms with Gasteiger partial charge in [-0.05, 0) is 75.3 Å². The second-order valence-corrected chi connectivity index (χ2v) is 20.8. The predicted octanol–water partition coefficient (Wildman–Crippen LogP) is 13.0. The summed E-state index contributed by atoms with van der Waals surface area (Å²) >= 11 is 0. The molecular formula is C50H48IrN2OSi-2. The van der Waals surface area contributed by atoms with Crippen molar-refractivity contribution in [3.05, 3.63) is 174 Å². The van der Waals surface area contributed by atoms with Crippen molar-refractivity contribution >= 4 is 35.2 Å². The molecule has 3 nitrogen and oxygen atoms in total. The van der Waals surface area contributed by atoms with Gasteiger partial charge in [-0.25, -0.2) is 0 Å². The third kappa shape index (κ3) is 9.31. The van der Waals surface area contributed by atoms with Crippen molar-refractivity contribution in [2.24, 2.45) is 0 Å². The van der Waals surface area contributed by atoms with Crippen molar-refractivity contribution in [1.82, 2.24) is 9.97 Å². The molecule has 0 unspecified atom stereocenters. The number of hydrogen-bond donors (Lipinski definition) is 0. The minimum atomic E-state index is -1.34. The van der Waals surface area contributed by atoms with Crippen LogP contribution in [0.2, 0.25) is 19.6 Å². The van der Waals surface area contributed by atoms with Gasteiger partial charge in [-0.3, -0.25) is 0 Å². The van der Waals surface area contributed by atoms with E-state index in [9.17, 15) is 0 Å². The Morgan fingerprint density at radius 1 is 0.618 bits per heavy atom. The molecule has 0 aliphatic heterocycles. The summed E-state index contributed by atoms with van der Waals surface area (Å²) in [7, 11) is -1.34. The summed E-state index contributed by atoms with van der Waals surface area (Å²) in [6, 6.07) is 51.1. The monoisotopic (exact) mass is 913 g/mol. The van der Waals surface area contributed by atoms with E-state index >= 15 is 0 Å². The number of rotatable bonds is 8. The summed E-state index contributed by atoms with van der Waals surface area (Å²) in [6.45, 7) is 16.1. The first-order valence-corrected chi connectivity index (χ1v) is 22.5. The van der Waals surface area contributed by atoms with Crippen LogP contribution in [-0.2, 0) is 26.5 Å². The Hall–Kier alpha value is -4.93. The molecule has 1 radical (unpaired) electrons. The minimum absolute atomic E-state index is 0. The van der Waals surface area contributed by atoms with Gasteiger partial charge in [0.15, 0.2) is 0 Å². The average Bonchev–Trinajstić information content (AvgIpc) is 3.56. The third-order valence-electron chi connectivity index (χ3n) is 9.99. The molecule has 0 bridgehead atoms. The van der Waals surface area contributed by atoms with Crippen molar-refractivity contribution in [3.63, 3.8) is 0 Å². The molecule has 0 spiro atoms. The van der Waals surface area contributed by atoms with Gasteiger partial charge < -0.3 is 14.4 Å². The van der Waals surface area contributed by atoms with E-state index in [1.165, 1.54) is 38.6 Å². The molecule has 0 saturated heterocycles. The number of benzene rings is 5. The van der Waals surface area contributed by atoms with Crippen LogP contribution in [0.1, 0.15) is 61.8 Å². The van der Waals surface area contributed by atoms with Crippen molar-refractivity contribution in [3.8, 4) is 33.6 Å². The Balaban J connectivity index is 0.000000219. The molecule has 0 aliphatic carbocycles. The fraction of sp³-hybridized carbons (Fsp3) is 0.200. The number of pyridine rings is 2. The van der Waals surface area contributed by atoms with Crippen LogP contribution in [0.4, 0.5) is 0 Å².